The summed E-state index contributed by atoms with van der Waals surface area (Å²) in [5.74, 6) is -3.70. The van der Waals surface area contributed by atoms with Crippen molar-refractivity contribution < 1.29 is 18.0 Å². The number of amides is 1. The number of alkyl halides is 2. The van der Waals surface area contributed by atoms with E-state index in [0.29, 0.717) is 5.56 Å². The van der Waals surface area contributed by atoms with Crippen molar-refractivity contribution in [3.63, 3.8) is 0 Å². The van der Waals surface area contributed by atoms with E-state index in [1.165, 1.54) is 18.0 Å². The van der Waals surface area contributed by atoms with Crippen molar-refractivity contribution in [1.82, 2.24) is 10.2 Å². The van der Waals surface area contributed by atoms with Crippen LogP contribution in [0.1, 0.15) is 12.0 Å². The van der Waals surface area contributed by atoms with Crippen LogP contribution in [0.4, 0.5) is 13.2 Å². The SMILES string of the molecule is CN(Cc1ccccc1F)C(=O)C1CC(F)(F)CN1.Cl. The molecule has 7 heteroatoms. The molecule has 0 radical (unpaired) electrons. The average Bonchev–Trinajstić information content (AvgIpc) is 2.71. The number of carbonyl (C=O) groups is 1. The molecule has 3 nitrogen and oxygen atoms in total. The predicted molar refractivity (Wildman–Crippen MR) is 71.5 cm³/mol. The Hall–Kier alpha value is -1.27. The Balaban J connectivity index is 0.00000200. The van der Waals surface area contributed by atoms with E-state index < -0.39 is 36.7 Å². The number of carbonyl (C=O) groups excluding carboxylic acids is 1. The molecule has 112 valence electrons. The van der Waals surface area contributed by atoms with Gasteiger partial charge in [0.05, 0.1) is 12.6 Å². The molecule has 2 rings (SSSR count). The lowest BCUT2D eigenvalue weighted by atomic mass is 10.1. The van der Waals surface area contributed by atoms with Crippen LogP contribution in [0.25, 0.3) is 0 Å². The van der Waals surface area contributed by atoms with Gasteiger partial charge in [-0.1, -0.05) is 18.2 Å². The zero-order valence-corrected chi connectivity index (χ0v) is 11.7. The summed E-state index contributed by atoms with van der Waals surface area (Å²) in [6.07, 6.45) is -0.507. The fourth-order valence-electron chi connectivity index (χ4n) is 2.12. The third-order valence-electron chi connectivity index (χ3n) is 3.15. The number of nitrogens with one attached hydrogen (secondary N) is 1. The lowest BCUT2D eigenvalue weighted by molar-refractivity contribution is -0.132. The number of hydrogen-bond donors (Lipinski definition) is 1. The largest absolute Gasteiger partial charge is 0.340 e. The number of halogens is 4. The van der Waals surface area contributed by atoms with E-state index in [-0.39, 0.29) is 19.0 Å². The van der Waals surface area contributed by atoms with Gasteiger partial charge in [-0.3, -0.25) is 10.1 Å². The first-order valence-corrected chi connectivity index (χ1v) is 5.99. The molecule has 0 aliphatic carbocycles. The Kier molecular flexibility index (Phi) is 5.42. The molecule has 1 fully saturated rings. The van der Waals surface area contributed by atoms with E-state index in [2.05, 4.69) is 5.32 Å². The van der Waals surface area contributed by atoms with Crippen LogP contribution in [0, 0.1) is 5.82 Å². The van der Waals surface area contributed by atoms with Crippen LogP contribution in [-0.2, 0) is 11.3 Å². The average molecular weight is 309 g/mol. The zero-order chi connectivity index (χ0) is 14.0. The van der Waals surface area contributed by atoms with Gasteiger partial charge < -0.3 is 4.90 Å². The standard InChI is InChI=1S/C13H15F3N2O.ClH/c1-18(7-9-4-2-3-5-10(9)14)12(19)11-6-13(15,16)8-17-11;/h2-5,11,17H,6-8H2,1H3;1H. The van der Waals surface area contributed by atoms with Crippen LogP contribution in [0.15, 0.2) is 24.3 Å². The van der Waals surface area contributed by atoms with Crippen molar-refractivity contribution in [3.8, 4) is 0 Å². The molecular weight excluding hydrogens is 293 g/mol. The van der Waals surface area contributed by atoms with Crippen molar-refractivity contribution >= 4 is 18.3 Å². The van der Waals surface area contributed by atoms with E-state index in [1.54, 1.807) is 18.2 Å². The van der Waals surface area contributed by atoms with Gasteiger partial charge in [-0.25, -0.2) is 13.2 Å². The van der Waals surface area contributed by atoms with E-state index in [1.807, 2.05) is 0 Å². The molecule has 0 spiro atoms. The van der Waals surface area contributed by atoms with Gasteiger partial charge in [0.2, 0.25) is 5.91 Å². The lowest BCUT2D eigenvalue weighted by Crippen LogP contribution is -2.41. The Bertz CT molecular complexity index is 484. The van der Waals surface area contributed by atoms with Gasteiger partial charge in [-0.05, 0) is 6.07 Å². The molecule has 1 aliphatic rings. The van der Waals surface area contributed by atoms with Crippen LogP contribution in [-0.4, -0.2) is 36.4 Å². The van der Waals surface area contributed by atoms with Crippen LogP contribution in [0.2, 0.25) is 0 Å². The summed E-state index contributed by atoms with van der Waals surface area (Å²) in [5, 5.41) is 2.49. The van der Waals surface area contributed by atoms with Crippen molar-refractivity contribution in [2.45, 2.75) is 24.9 Å². The molecule has 20 heavy (non-hydrogen) atoms. The summed E-state index contributed by atoms with van der Waals surface area (Å²) in [4.78, 5) is 13.2. The molecule has 1 saturated heterocycles. The van der Waals surface area contributed by atoms with Crippen molar-refractivity contribution in [1.29, 1.82) is 0 Å². The normalized spacial score (nSPS) is 20.3. The quantitative estimate of drug-likeness (QED) is 0.928. The Labute approximate surface area is 121 Å². The Morgan fingerprint density at radius 3 is 2.65 bits per heavy atom. The van der Waals surface area contributed by atoms with Crippen molar-refractivity contribution in [3.05, 3.63) is 35.6 Å². The molecule has 1 heterocycles. The van der Waals surface area contributed by atoms with Gasteiger partial charge in [0, 0.05) is 25.6 Å². The number of benzene rings is 1. The highest BCUT2D eigenvalue weighted by molar-refractivity contribution is 5.85. The smallest absolute Gasteiger partial charge is 0.262 e. The molecule has 1 atom stereocenters. The molecule has 0 saturated carbocycles. The Morgan fingerprint density at radius 1 is 1.45 bits per heavy atom. The monoisotopic (exact) mass is 308 g/mol. The van der Waals surface area contributed by atoms with Crippen LogP contribution in [0.5, 0.6) is 0 Å². The third kappa shape index (κ3) is 3.86. The fraction of sp³-hybridized carbons (Fsp3) is 0.462. The molecule has 1 aromatic carbocycles. The summed E-state index contributed by atoms with van der Waals surface area (Å²) >= 11 is 0. The molecule has 1 aliphatic heterocycles. The minimum absolute atomic E-state index is 0. The van der Waals surface area contributed by atoms with E-state index in [0.717, 1.165) is 0 Å². The maximum Gasteiger partial charge on any atom is 0.262 e. The molecule has 1 aromatic rings. The summed E-state index contributed by atoms with van der Waals surface area (Å²) in [6, 6.07) is 5.19. The molecule has 1 amide bonds. The highest BCUT2D eigenvalue weighted by Crippen LogP contribution is 2.26. The molecule has 1 N–H and O–H groups in total. The number of nitrogens with zero attached hydrogens (tertiary/aromatic N) is 1. The summed E-state index contributed by atoms with van der Waals surface area (Å²) in [5.41, 5.74) is 0.364. The summed E-state index contributed by atoms with van der Waals surface area (Å²) in [7, 11) is 1.48. The predicted octanol–water partition coefficient (Wildman–Crippen LogP) is 2.20. The van der Waals surface area contributed by atoms with Gasteiger partial charge in [0.25, 0.3) is 5.92 Å². The molecule has 1 unspecified atom stereocenters. The number of rotatable bonds is 3. The highest BCUT2D eigenvalue weighted by Gasteiger charge is 2.43. The second-order valence-corrected chi connectivity index (χ2v) is 4.78. The second kappa shape index (κ2) is 6.45. The maximum atomic E-state index is 13.4. The zero-order valence-electron chi connectivity index (χ0n) is 10.9. The van der Waals surface area contributed by atoms with Gasteiger partial charge in [-0.15, -0.1) is 12.4 Å². The lowest BCUT2D eigenvalue weighted by Gasteiger charge is -2.21. The van der Waals surface area contributed by atoms with Gasteiger partial charge >= 0.3 is 0 Å². The van der Waals surface area contributed by atoms with Gasteiger partial charge in [0.15, 0.2) is 0 Å². The summed E-state index contributed by atoms with van der Waals surface area (Å²) in [6.45, 7) is -0.424. The summed E-state index contributed by atoms with van der Waals surface area (Å²) < 4.78 is 39.5. The van der Waals surface area contributed by atoms with Crippen LogP contribution in [0.3, 0.4) is 0 Å². The minimum atomic E-state index is -2.85. The topological polar surface area (TPSA) is 32.3 Å². The minimum Gasteiger partial charge on any atom is -0.340 e. The molecular formula is C13H16ClF3N2O. The van der Waals surface area contributed by atoms with E-state index >= 15 is 0 Å². The highest BCUT2D eigenvalue weighted by atomic mass is 35.5. The first-order chi connectivity index (χ1) is 8.89. The first-order valence-electron chi connectivity index (χ1n) is 5.99. The van der Waals surface area contributed by atoms with Crippen molar-refractivity contribution in [2.75, 3.05) is 13.6 Å². The fourth-order valence-corrected chi connectivity index (χ4v) is 2.12. The van der Waals surface area contributed by atoms with Gasteiger partial charge in [0.1, 0.15) is 5.82 Å². The van der Waals surface area contributed by atoms with Crippen LogP contribution < -0.4 is 5.32 Å². The second-order valence-electron chi connectivity index (χ2n) is 4.78. The third-order valence-corrected chi connectivity index (χ3v) is 3.15. The first kappa shape index (κ1) is 16.8. The molecule has 0 bridgehead atoms. The van der Waals surface area contributed by atoms with Crippen LogP contribution >= 0.6 is 12.4 Å². The van der Waals surface area contributed by atoms with Gasteiger partial charge in [-0.2, -0.15) is 0 Å². The maximum absolute atomic E-state index is 13.4. The number of likely N-dealkylation sites (N-methyl/N-ethyl adjacent to an activating group) is 1. The molecule has 0 aromatic heterocycles. The number of hydrogen-bond acceptors (Lipinski definition) is 2. The van der Waals surface area contributed by atoms with E-state index in [4.69, 9.17) is 0 Å². The van der Waals surface area contributed by atoms with E-state index in [9.17, 15) is 18.0 Å². The Morgan fingerprint density at radius 2 is 2.10 bits per heavy atom. The van der Waals surface area contributed by atoms with Crippen molar-refractivity contribution in [2.24, 2.45) is 0 Å².